The van der Waals surface area contributed by atoms with Crippen molar-refractivity contribution < 1.29 is 22.3 Å². The smallest absolute Gasteiger partial charge is 0.273 e. The third-order valence-electron chi connectivity index (χ3n) is 5.51. The maximum atomic E-state index is 14.5. The molecule has 176 valence electrons. The van der Waals surface area contributed by atoms with E-state index < -0.39 is 27.9 Å². The molecule has 0 amide bonds. The van der Waals surface area contributed by atoms with E-state index in [9.17, 15) is 27.1 Å². The fraction of sp³-hybridized carbons (Fsp3) is 0.160. The van der Waals surface area contributed by atoms with Gasteiger partial charge in [0.1, 0.15) is 5.75 Å². The van der Waals surface area contributed by atoms with Crippen LogP contribution in [0.2, 0.25) is 0 Å². The molecule has 4 rings (SSSR count). The summed E-state index contributed by atoms with van der Waals surface area (Å²) in [5.74, 6) is -3.11. The van der Waals surface area contributed by atoms with Crippen molar-refractivity contribution >= 4 is 26.6 Å². The highest BCUT2D eigenvalue weighted by molar-refractivity contribution is 7.92. The van der Waals surface area contributed by atoms with Crippen molar-refractivity contribution in [3.63, 3.8) is 0 Å². The number of sulfonamides is 1. The zero-order valence-electron chi connectivity index (χ0n) is 18.2. The van der Waals surface area contributed by atoms with E-state index in [-0.39, 0.29) is 21.6 Å². The lowest BCUT2D eigenvalue weighted by molar-refractivity contribution is -0.00686. The molecule has 3 N–H and O–H groups in total. The number of nitrogens with one attached hydrogen (secondary N) is 2. The van der Waals surface area contributed by atoms with Crippen molar-refractivity contribution in [3.05, 3.63) is 99.8 Å². The van der Waals surface area contributed by atoms with Gasteiger partial charge in [-0.3, -0.25) is 9.52 Å². The van der Waals surface area contributed by atoms with Gasteiger partial charge in [-0.2, -0.15) is 0 Å². The van der Waals surface area contributed by atoms with Crippen LogP contribution in [-0.2, 0) is 22.4 Å². The molecule has 0 saturated carbocycles. The van der Waals surface area contributed by atoms with Crippen LogP contribution in [0.3, 0.4) is 0 Å². The number of pyridine rings is 1. The van der Waals surface area contributed by atoms with Crippen LogP contribution in [0.15, 0.2) is 82.5 Å². The second-order valence-electron chi connectivity index (χ2n) is 7.96. The van der Waals surface area contributed by atoms with Crippen LogP contribution >= 0.6 is 0 Å². The molecule has 1 aromatic heterocycles. The first-order valence-electron chi connectivity index (χ1n) is 10.5. The quantitative estimate of drug-likeness (QED) is 0.317. The van der Waals surface area contributed by atoms with Crippen LogP contribution in [0, 0.1) is 0 Å². The van der Waals surface area contributed by atoms with Crippen molar-refractivity contribution in [2.45, 2.75) is 30.6 Å². The van der Waals surface area contributed by atoms with E-state index in [0.29, 0.717) is 17.6 Å². The number of phenolic OH excluding ortho intramolecular Hbond substituents is 1. The van der Waals surface area contributed by atoms with Crippen molar-refractivity contribution in [1.82, 2.24) is 4.98 Å². The second-order valence-corrected chi connectivity index (χ2v) is 9.64. The molecular weight excluding hydrogens is 462 g/mol. The van der Waals surface area contributed by atoms with Gasteiger partial charge >= 0.3 is 0 Å². The number of benzene rings is 3. The first kappa shape index (κ1) is 23.4. The molecule has 4 aromatic rings. The summed E-state index contributed by atoms with van der Waals surface area (Å²) < 4.78 is 56.6. The molecule has 0 fully saturated rings. The van der Waals surface area contributed by atoms with Gasteiger partial charge in [-0.15, -0.1) is 0 Å². The largest absolute Gasteiger partial charge is 0.508 e. The van der Waals surface area contributed by atoms with E-state index in [1.165, 1.54) is 43.3 Å². The van der Waals surface area contributed by atoms with Gasteiger partial charge in [0.25, 0.3) is 15.9 Å². The molecule has 0 bridgehead atoms. The standard InChI is InChI=1S/C25H22F2N2O4S/c1-2-25(26,27)22-15-24(31)28-23-12-5-17(14-21(22)23)13-16-3-10-20(11-4-16)34(32,33)29-18-6-8-19(30)9-7-18/h3-12,14-15,29-30H,2,13H2,1H3,(H,28,31). The fourth-order valence-corrected chi connectivity index (χ4v) is 4.73. The van der Waals surface area contributed by atoms with Crippen molar-refractivity contribution in [1.29, 1.82) is 0 Å². The number of anilines is 1. The molecule has 1 heterocycles. The molecule has 0 atom stereocenters. The van der Waals surface area contributed by atoms with E-state index in [0.717, 1.165) is 17.2 Å². The summed E-state index contributed by atoms with van der Waals surface area (Å²) in [6.45, 7) is 1.36. The van der Waals surface area contributed by atoms with Crippen molar-refractivity contribution in [2.75, 3.05) is 4.72 Å². The lowest BCUT2D eigenvalue weighted by atomic mass is 9.97. The highest BCUT2D eigenvalue weighted by Crippen LogP contribution is 2.35. The molecule has 6 nitrogen and oxygen atoms in total. The zero-order valence-corrected chi connectivity index (χ0v) is 19.0. The Morgan fingerprint density at radius 2 is 1.59 bits per heavy atom. The highest BCUT2D eigenvalue weighted by Gasteiger charge is 2.31. The monoisotopic (exact) mass is 484 g/mol. The number of fused-ring (bicyclic) bond motifs is 1. The number of phenols is 1. The molecule has 0 radical (unpaired) electrons. The first-order valence-corrected chi connectivity index (χ1v) is 12.0. The molecule has 0 aliphatic carbocycles. The number of H-pyrrole nitrogens is 1. The number of rotatable bonds is 7. The van der Waals surface area contributed by atoms with Gasteiger partial charge < -0.3 is 10.1 Å². The number of aromatic amines is 1. The Balaban J connectivity index is 1.59. The molecular formula is C25H22F2N2O4S. The fourth-order valence-electron chi connectivity index (χ4n) is 3.67. The SMILES string of the molecule is CCC(F)(F)c1cc(=O)[nH]c2ccc(Cc3ccc(S(=O)(=O)Nc4ccc(O)cc4)cc3)cc12. The van der Waals surface area contributed by atoms with E-state index >= 15 is 0 Å². The third kappa shape index (κ3) is 4.94. The number of alkyl halides is 2. The lowest BCUT2D eigenvalue weighted by Gasteiger charge is -2.17. The van der Waals surface area contributed by atoms with Gasteiger partial charge in [-0.1, -0.05) is 25.1 Å². The number of hydrogen-bond donors (Lipinski definition) is 3. The van der Waals surface area contributed by atoms with Crippen LogP contribution in [0.4, 0.5) is 14.5 Å². The van der Waals surface area contributed by atoms with Gasteiger partial charge in [-0.25, -0.2) is 17.2 Å². The summed E-state index contributed by atoms with van der Waals surface area (Å²) in [7, 11) is -3.82. The van der Waals surface area contributed by atoms with Crippen LogP contribution < -0.4 is 10.3 Å². The Hall–Kier alpha value is -3.72. The summed E-state index contributed by atoms with van der Waals surface area (Å²) >= 11 is 0. The van der Waals surface area contributed by atoms with Crippen LogP contribution in [0.25, 0.3) is 10.9 Å². The lowest BCUT2D eigenvalue weighted by Crippen LogP contribution is -2.17. The highest BCUT2D eigenvalue weighted by atomic mass is 32.2. The summed E-state index contributed by atoms with van der Waals surface area (Å²) in [5.41, 5.74) is 1.29. The summed E-state index contributed by atoms with van der Waals surface area (Å²) in [4.78, 5) is 14.5. The first-order chi connectivity index (χ1) is 16.1. The van der Waals surface area contributed by atoms with Crippen molar-refractivity contribution in [3.8, 4) is 5.75 Å². The Morgan fingerprint density at radius 3 is 2.24 bits per heavy atom. The van der Waals surface area contributed by atoms with E-state index in [1.54, 1.807) is 30.3 Å². The van der Waals surface area contributed by atoms with Gasteiger partial charge in [-0.05, 0) is 66.1 Å². The normalized spacial score (nSPS) is 12.1. The predicted octanol–water partition coefficient (Wildman–Crippen LogP) is 5.13. The molecule has 0 spiro atoms. The van der Waals surface area contributed by atoms with Crippen molar-refractivity contribution in [2.24, 2.45) is 0 Å². The minimum Gasteiger partial charge on any atom is -0.508 e. The summed E-state index contributed by atoms with van der Waals surface area (Å²) in [5, 5.41) is 9.61. The Bertz CT molecular complexity index is 1500. The molecule has 3 aromatic carbocycles. The minimum absolute atomic E-state index is 0.0258. The predicted molar refractivity (Wildman–Crippen MR) is 127 cm³/mol. The molecule has 0 saturated heterocycles. The van der Waals surface area contributed by atoms with E-state index in [4.69, 9.17) is 0 Å². The third-order valence-corrected chi connectivity index (χ3v) is 6.90. The molecule has 34 heavy (non-hydrogen) atoms. The average molecular weight is 485 g/mol. The Labute approximate surface area is 195 Å². The van der Waals surface area contributed by atoms with Crippen LogP contribution in [-0.4, -0.2) is 18.5 Å². The number of halogens is 2. The van der Waals surface area contributed by atoms with Gasteiger partial charge in [0, 0.05) is 34.6 Å². The van der Waals surface area contributed by atoms with Gasteiger partial charge in [0.15, 0.2) is 0 Å². The molecule has 0 aliphatic rings. The average Bonchev–Trinajstić information content (AvgIpc) is 2.80. The Kier molecular flexibility index (Phi) is 6.14. The number of aromatic hydroxyl groups is 1. The number of aromatic nitrogens is 1. The molecule has 9 heteroatoms. The second kappa shape index (κ2) is 8.90. The topological polar surface area (TPSA) is 99.3 Å². The Morgan fingerprint density at radius 1 is 0.941 bits per heavy atom. The minimum atomic E-state index is -3.82. The summed E-state index contributed by atoms with van der Waals surface area (Å²) in [6, 6.07) is 17.8. The van der Waals surface area contributed by atoms with E-state index in [1.807, 2.05) is 0 Å². The molecule has 0 aliphatic heterocycles. The maximum absolute atomic E-state index is 14.5. The van der Waals surface area contributed by atoms with Gasteiger partial charge in [0.2, 0.25) is 5.56 Å². The van der Waals surface area contributed by atoms with Crippen LogP contribution in [0.5, 0.6) is 5.75 Å². The van der Waals surface area contributed by atoms with E-state index in [2.05, 4.69) is 9.71 Å². The van der Waals surface area contributed by atoms with Gasteiger partial charge in [0.05, 0.1) is 4.90 Å². The summed E-state index contributed by atoms with van der Waals surface area (Å²) in [6.07, 6.45) is -0.0399. The zero-order chi connectivity index (χ0) is 24.5. The maximum Gasteiger partial charge on any atom is 0.273 e. The van der Waals surface area contributed by atoms with Crippen LogP contribution in [0.1, 0.15) is 30.0 Å². The number of hydrogen-bond acceptors (Lipinski definition) is 4. The molecule has 0 unspecified atom stereocenters.